The molecule has 0 radical (unpaired) electrons. The molecule has 43 heavy (non-hydrogen) atoms. The van der Waals surface area contributed by atoms with Crippen LogP contribution in [0.1, 0.15) is 51.6 Å². The summed E-state index contributed by atoms with van der Waals surface area (Å²) in [6, 6.07) is 8.16. The lowest BCUT2D eigenvalue weighted by Gasteiger charge is -2.30. The molecule has 4 atom stereocenters. The fourth-order valence-corrected chi connectivity index (χ4v) is 6.33. The number of hydrogen-bond donors (Lipinski definition) is 3. The predicted octanol–water partition coefficient (Wildman–Crippen LogP) is 4.97. The molecule has 1 fully saturated rings. The Hall–Kier alpha value is -4.26. The molecule has 1 spiro atoms. The molecule has 5 rings (SSSR count). The van der Waals surface area contributed by atoms with Crippen LogP contribution in [-0.2, 0) is 15.1 Å². The number of nitrogens with two attached hydrogens (primary N) is 1. The number of hydrogen-bond acceptors (Lipinski definition) is 9. The van der Waals surface area contributed by atoms with Crippen LogP contribution in [0.15, 0.2) is 48.5 Å². The molecule has 0 saturated carbocycles. The Morgan fingerprint density at radius 1 is 1.14 bits per heavy atom. The van der Waals surface area contributed by atoms with Gasteiger partial charge in [-0.3, -0.25) is 25.0 Å². The van der Waals surface area contributed by atoms with Gasteiger partial charge in [0.15, 0.2) is 11.5 Å². The summed E-state index contributed by atoms with van der Waals surface area (Å²) in [5, 5.41) is 18.4. The number of Topliss-reactive ketones (excluding diaryl/α,β-unsaturated/α-hetero) is 1. The summed E-state index contributed by atoms with van der Waals surface area (Å²) < 4.78 is 25.5. The Balaban J connectivity index is 0.00000423. The quantitative estimate of drug-likeness (QED) is 0.107. The van der Waals surface area contributed by atoms with Crippen LogP contribution in [0.25, 0.3) is 0 Å². The lowest BCUT2D eigenvalue weighted by atomic mass is 9.74. The smallest absolute Gasteiger partial charge is 0.341 e. The number of esters is 1. The number of benzene rings is 3. The summed E-state index contributed by atoms with van der Waals surface area (Å²) in [6.45, 7) is 0. The van der Waals surface area contributed by atoms with Crippen LogP contribution >= 0.6 is 23.2 Å². The van der Waals surface area contributed by atoms with Crippen LogP contribution in [0.2, 0.25) is 10.0 Å². The number of ether oxygens (including phenoxy) is 2. The van der Waals surface area contributed by atoms with E-state index in [-0.39, 0.29) is 46.3 Å². The normalized spacial score (nSPS) is 22.0. The van der Waals surface area contributed by atoms with Crippen LogP contribution < -0.4 is 21.1 Å². The molecule has 4 N–H and O–H groups in total. The number of nitrogen functional groups attached to an aromatic ring is 1. The molecule has 11 nitrogen and oxygen atoms in total. The molecule has 3 aromatic carbocycles. The van der Waals surface area contributed by atoms with E-state index >= 15 is 4.39 Å². The van der Waals surface area contributed by atoms with E-state index in [1.54, 1.807) is 0 Å². The van der Waals surface area contributed by atoms with Crippen molar-refractivity contribution in [2.75, 3.05) is 25.3 Å². The lowest BCUT2D eigenvalue weighted by molar-refractivity contribution is -0.526. The summed E-state index contributed by atoms with van der Waals surface area (Å²) in [4.78, 5) is 51.5. The van der Waals surface area contributed by atoms with E-state index in [1.807, 2.05) is 0 Å². The van der Waals surface area contributed by atoms with Gasteiger partial charge in [-0.05, 0) is 30.3 Å². The summed E-state index contributed by atoms with van der Waals surface area (Å²) in [5.41, 5.74) is 4.46. The van der Waals surface area contributed by atoms with Gasteiger partial charge in [0.2, 0.25) is 11.9 Å². The number of ketones is 1. The van der Waals surface area contributed by atoms with E-state index in [0.717, 1.165) is 0 Å². The fourth-order valence-electron chi connectivity index (χ4n) is 5.98. The van der Waals surface area contributed by atoms with Gasteiger partial charge in [0.1, 0.15) is 16.9 Å². The Labute approximate surface area is 255 Å². The number of anilines is 2. The van der Waals surface area contributed by atoms with Gasteiger partial charge in [0.05, 0.1) is 36.9 Å². The van der Waals surface area contributed by atoms with Gasteiger partial charge in [-0.25, -0.2) is 9.18 Å². The molecule has 2 heterocycles. The number of methoxy groups -OCH3 is 2. The van der Waals surface area contributed by atoms with Gasteiger partial charge in [-0.15, -0.1) is 0 Å². The highest BCUT2D eigenvalue weighted by atomic mass is 35.5. The van der Waals surface area contributed by atoms with E-state index in [0.29, 0.717) is 10.6 Å². The van der Waals surface area contributed by atoms with Crippen molar-refractivity contribution in [2.24, 2.45) is 0 Å². The van der Waals surface area contributed by atoms with Gasteiger partial charge in [-0.1, -0.05) is 48.8 Å². The number of carbonyl (C=O) groups is 3. The second-order valence-corrected chi connectivity index (χ2v) is 10.7. The number of rotatable bonds is 7. The Morgan fingerprint density at radius 2 is 1.84 bits per heavy atom. The number of halogens is 3. The molecule has 2 aliphatic heterocycles. The highest BCUT2D eigenvalue weighted by molar-refractivity contribution is 6.31. The summed E-state index contributed by atoms with van der Waals surface area (Å²) in [7, 11) is 2.42. The number of carbonyl (C=O) groups excluding carboxylic acids is 3. The zero-order valence-electron chi connectivity index (χ0n) is 22.1. The SMILES string of the molecule is C.COC(=O)c1ccc(C(=O)C[C@@H]2N[C@@]3(C(=O)Nc4cc(Cl)ccc43)[C@@H](c3cccc(Cl)c3F)[C@@H]2[N+](=O)[O-])c(N)c1OC. The van der Waals surface area contributed by atoms with Gasteiger partial charge in [-0.2, -0.15) is 0 Å². The van der Waals surface area contributed by atoms with Crippen molar-refractivity contribution in [3.63, 3.8) is 0 Å². The monoisotopic (exact) mass is 632 g/mol. The Bertz CT molecular complexity index is 1670. The molecule has 226 valence electrons. The number of nitrogens with zero attached hydrogens (tertiary/aromatic N) is 1. The standard InChI is InChI=1S/C28H23Cl2FN4O7.CH4/c1-41-25-15(26(37)42-2)8-7-13(23(25)32)20(36)11-19-24(35(39)40)21(14-4-3-5-17(30)22(14)31)28(34-19)16-9-6-12(29)10-18(16)33-27(28)38;/h3-10,19,21,24,34H,11,32H2,1-2H3,(H,33,38);1H4/t19-,21-,24+,28+;/m0./s1. The van der Waals surface area contributed by atoms with Crippen molar-refractivity contribution < 1.29 is 33.2 Å². The van der Waals surface area contributed by atoms with E-state index in [9.17, 15) is 24.5 Å². The zero-order chi connectivity index (χ0) is 30.5. The maximum absolute atomic E-state index is 15.5. The molecule has 0 aromatic heterocycles. The average Bonchev–Trinajstić information content (AvgIpc) is 3.42. The predicted molar refractivity (Wildman–Crippen MR) is 158 cm³/mol. The maximum atomic E-state index is 15.5. The highest BCUT2D eigenvalue weighted by Crippen LogP contribution is 2.54. The van der Waals surface area contributed by atoms with Crippen LogP contribution in [0.5, 0.6) is 5.75 Å². The molecular weight excluding hydrogens is 606 g/mol. The molecule has 1 saturated heterocycles. The Morgan fingerprint density at radius 3 is 2.49 bits per heavy atom. The molecule has 3 aromatic rings. The minimum atomic E-state index is -1.86. The van der Waals surface area contributed by atoms with E-state index < -0.39 is 58.4 Å². The first-order chi connectivity index (χ1) is 20.0. The molecule has 0 bridgehead atoms. The van der Waals surface area contributed by atoms with Crippen LogP contribution in [0.4, 0.5) is 15.8 Å². The molecule has 0 aliphatic carbocycles. The third-order valence-electron chi connectivity index (χ3n) is 7.72. The first kappa shape index (κ1) is 31.7. The average molecular weight is 633 g/mol. The molecule has 0 unspecified atom stereocenters. The third-order valence-corrected chi connectivity index (χ3v) is 8.24. The number of nitrogens with one attached hydrogen (secondary N) is 2. The second-order valence-electron chi connectivity index (χ2n) is 9.83. The van der Waals surface area contributed by atoms with Crippen molar-refractivity contribution in [3.05, 3.63) is 96.8 Å². The number of fused-ring (bicyclic) bond motifs is 2. The number of nitro groups is 1. The van der Waals surface area contributed by atoms with Gasteiger partial charge in [0.25, 0.3) is 0 Å². The first-order valence-electron chi connectivity index (χ1n) is 12.5. The van der Waals surface area contributed by atoms with Crippen molar-refractivity contribution in [3.8, 4) is 5.75 Å². The molecular formula is C29H27Cl2FN4O7. The van der Waals surface area contributed by atoms with Crippen molar-refractivity contribution in [1.29, 1.82) is 0 Å². The van der Waals surface area contributed by atoms with Crippen LogP contribution in [0.3, 0.4) is 0 Å². The molecule has 1 amide bonds. The second kappa shape index (κ2) is 11.8. The van der Waals surface area contributed by atoms with E-state index in [2.05, 4.69) is 10.6 Å². The topological polar surface area (TPSA) is 163 Å². The zero-order valence-corrected chi connectivity index (χ0v) is 23.6. The maximum Gasteiger partial charge on any atom is 0.341 e. The van der Waals surface area contributed by atoms with Crippen LogP contribution in [-0.4, -0.2) is 48.9 Å². The Kier molecular flexibility index (Phi) is 8.68. The van der Waals surface area contributed by atoms with Gasteiger partial charge >= 0.3 is 5.97 Å². The van der Waals surface area contributed by atoms with Crippen molar-refractivity contribution in [1.82, 2.24) is 5.32 Å². The highest BCUT2D eigenvalue weighted by Gasteiger charge is 2.67. The van der Waals surface area contributed by atoms with E-state index in [1.165, 1.54) is 62.8 Å². The largest absolute Gasteiger partial charge is 0.494 e. The van der Waals surface area contributed by atoms with Crippen molar-refractivity contribution >= 4 is 52.2 Å². The first-order valence-corrected chi connectivity index (χ1v) is 13.3. The minimum Gasteiger partial charge on any atom is -0.494 e. The summed E-state index contributed by atoms with van der Waals surface area (Å²) in [5.74, 6) is -4.54. The minimum absolute atomic E-state index is 0. The van der Waals surface area contributed by atoms with E-state index in [4.69, 9.17) is 38.4 Å². The number of amides is 1. The van der Waals surface area contributed by atoms with Gasteiger partial charge < -0.3 is 20.5 Å². The molecule has 14 heteroatoms. The third kappa shape index (κ3) is 4.94. The summed E-state index contributed by atoms with van der Waals surface area (Å²) >= 11 is 12.2. The van der Waals surface area contributed by atoms with Crippen molar-refractivity contribution in [2.45, 2.75) is 37.4 Å². The summed E-state index contributed by atoms with van der Waals surface area (Å²) in [6.07, 6.45) is -0.521. The fraction of sp³-hybridized carbons (Fsp3) is 0.276. The molecule has 2 aliphatic rings. The van der Waals surface area contributed by atoms with Gasteiger partial charge in [0, 0.05) is 38.7 Å². The van der Waals surface area contributed by atoms with Crippen LogP contribution in [0, 0.1) is 15.9 Å². The lowest BCUT2D eigenvalue weighted by Crippen LogP contribution is -2.49.